The van der Waals surface area contributed by atoms with Crippen LogP contribution < -0.4 is 0 Å². The molecule has 0 aliphatic rings. The molecule has 0 aliphatic carbocycles. The Morgan fingerprint density at radius 2 is 1.00 bits per heavy atom. The van der Waals surface area contributed by atoms with Crippen LogP contribution in [0.2, 0.25) is 0 Å². The van der Waals surface area contributed by atoms with E-state index in [9.17, 15) is 0 Å². The maximum atomic E-state index is 5.64. The molecule has 0 saturated heterocycles. The fraction of sp³-hybridized carbons (Fsp3) is 0.889. The van der Waals surface area contributed by atoms with E-state index < -0.39 is 0 Å². The summed E-state index contributed by atoms with van der Waals surface area (Å²) in [5.74, 6) is 7.46. The van der Waals surface area contributed by atoms with Crippen LogP contribution >= 0.6 is 11.6 Å². The summed E-state index contributed by atoms with van der Waals surface area (Å²) >= 11 is 5.64. The predicted molar refractivity (Wildman–Crippen MR) is 88.8 cm³/mol. The lowest BCUT2D eigenvalue weighted by atomic mass is 10.1. The van der Waals surface area contributed by atoms with Gasteiger partial charge in [-0.3, -0.25) is 0 Å². The van der Waals surface area contributed by atoms with E-state index in [2.05, 4.69) is 18.8 Å². The van der Waals surface area contributed by atoms with E-state index in [-0.39, 0.29) is 0 Å². The van der Waals surface area contributed by atoms with Crippen molar-refractivity contribution in [3.63, 3.8) is 0 Å². The molecule has 0 fully saturated rings. The molecular weight excluding hydrogens is 252 g/mol. The van der Waals surface area contributed by atoms with Crippen molar-refractivity contribution in [2.75, 3.05) is 5.88 Å². The van der Waals surface area contributed by atoms with Crippen LogP contribution in [-0.4, -0.2) is 5.88 Å². The van der Waals surface area contributed by atoms with Crippen molar-refractivity contribution in [1.82, 2.24) is 0 Å². The molecule has 0 nitrogen and oxygen atoms in total. The molecule has 0 aliphatic heterocycles. The number of hydrogen-bond acceptors (Lipinski definition) is 0. The van der Waals surface area contributed by atoms with Crippen molar-refractivity contribution < 1.29 is 0 Å². The van der Waals surface area contributed by atoms with Gasteiger partial charge >= 0.3 is 0 Å². The molecule has 0 aromatic rings. The highest BCUT2D eigenvalue weighted by atomic mass is 35.5. The Morgan fingerprint density at radius 3 is 1.47 bits per heavy atom. The molecule has 0 spiro atoms. The Kier molecular flexibility index (Phi) is 17.7. The topological polar surface area (TPSA) is 0 Å². The summed E-state index contributed by atoms with van der Waals surface area (Å²) in [7, 11) is 0. The smallest absolute Gasteiger partial charge is 0.0223 e. The van der Waals surface area contributed by atoms with Crippen LogP contribution in [0.3, 0.4) is 0 Å². The molecule has 19 heavy (non-hydrogen) atoms. The van der Waals surface area contributed by atoms with Gasteiger partial charge in [0.05, 0.1) is 0 Å². The third-order valence-electron chi connectivity index (χ3n) is 3.47. The van der Waals surface area contributed by atoms with E-state index in [0.717, 1.165) is 18.7 Å². The van der Waals surface area contributed by atoms with Crippen LogP contribution in [0, 0.1) is 11.8 Å². The first-order valence-electron chi connectivity index (χ1n) is 8.43. The SMILES string of the molecule is CCCCCCCCC#CCCCCCCCCCl. The highest BCUT2D eigenvalue weighted by molar-refractivity contribution is 6.17. The maximum Gasteiger partial charge on any atom is 0.0223 e. The molecule has 0 saturated carbocycles. The van der Waals surface area contributed by atoms with Gasteiger partial charge in [-0.05, 0) is 19.3 Å². The van der Waals surface area contributed by atoms with Crippen LogP contribution in [0.1, 0.15) is 96.8 Å². The molecule has 1 heteroatoms. The number of alkyl halides is 1. The van der Waals surface area contributed by atoms with E-state index in [1.54, 1.807) is 0 Å². The third kappa shape index (κ3) is 17.9. The van der Waals surface area contributed by atoms with Crippen LogP contribution in [0.4, 0.5) is 0 Å². The molecule has 0 amide bonds. The first kappa shape index (κ1) is 18.9. The molecule has 0 N–H and O–H groups in total. The van der Waals surface area contributed by atoms with Gasteiger partial charge in [-0.25, -0.2) is 0 Å². The minimum Gasteiger partial charge on any atom is -0.127 e. The van der Waals surface area contributed by atoms with Crippen molar-refractivity contribution in [1.29, 1.82) is 0 Å². The quantitative estimate of drug-likeness (QED) is 0.200. The average Bonchev–Trinajstić information content (AvgIpc) is 2.43. The first-order chi connectivity index (χ1) is 9.41. The lowest BCUT2D eigenvalue weighted by Crippen LogP contribution is -1.80. The molecule has 0 bridgehead atoms. The second-order valence-corrected chi connectivity index (χ2v) is 5.81. The van der Waals surface area contributed by atoms with E-state index in [4.69, 9.17) is 11.6 Å². The number of halogens is 1. The van der Waals surface area contributed by atoms with Gasteiger partial charge in [0.25, 0.3) is 0 Å². The molecule has 0 rings (SSSR count). The Bertz CT molecular complexity index is 211. The van der Waals surface area contributed by atoms with Crippen molar-refractivity contribution in [2.24, 2.45) is 0 Å². The summed E-state index contributed by atoms with van der Waals surface area (Å²) in [6.45, 7) is 2.27. The first-order valence-corrected chi connectivity index (χ1v) is 8.97. The third-order valence-corrected chi connectivity index (χ3v) is 3.73. The fourth-order valence-electron chi connectivity index (χ4n) is 2.19. The molecule has 0 atom stereocenters. The van der Waals surface area contributed by atoms with Gasteiger partial charge < -0.3 is 0 Å². The molecule has 0 heterocycles. The van der Waals surface area contributed by atoms with Crippen LogP contribution in [-0.2, 0) is 0 Å². The van der Waals surface area contributed by atoms with E-state index >= 15 is 0 Å². The summed E-state index contributed by atoms with van der Waals surface area (Å²) in [5, 5.41) is 0. The normalized spacial score (nSPS) is 10.2. The minimum absolute atomic E-state index is 0.823. The van der Waals surface area contributed by atoms with Gasteiger partial charge in [0, 0.05) is 18.7 Å². The maximum absolute atomic E-state index is 5.64. The molecule has 0 aromatic heterocycles. The zero-order valence-corrected chi connectivity index (χ0v) is 13.7. The second kappa shape index (κ2) is 17.8. The second-order valence-electron chi connectivity index (χ2n) is 5.43. The Morgan fingerprint density at radius 1 is 0.579 bits per heavy atom. The minimum atomic E-state index is 0.823. The van der Waals surface area contributed by atoms with Crippen LogP contribution in [0.15, 0.2) is 0 Å². The van der Waals surface area contributed by atoms with Gasteiger partial charge in [-0.2, -0.15) is 0 Å². The van der Waals surface area contributed by atoms with Crippen LogP contribution in [0.25, 0.3) is 0 Å². The van der Waals surface area contributed by atoms with Gasteiger partial charge in [-0.1, -0.05) is 64.7 Å². The number of unbranched alkanes of at least 4 members (excludes halogenated alkanes) is 12. The zero-order valence-electron chi connectivity index (χ0n) is 13.0. The summed E-state index contributed by atoms with van der Waals surface area (Å²) in [6.07, 6.45) is 18.2. The fourth-order valence-corrected chi connectivity index (χ4v) is 2.37. The summed E-state index contributed by atoms with van der Waals surface area (Å²) in [5.41, 5.74) is 0. The molecule has 0 aromatic carbocycles. The average molecular weight is 285 g/mol. The predicted octanol–water partition coefficient (Wildman–Crippen LogP) is 6.71. The van der Waals surface area contributed by atoms with E-state index in [1.807, 2.05) is 0 Å². The van der Waals surface area contributed by atoms with E-state index in [1.165, 1.54) is 77.0 Å². The Labute approximate surface area is 126 Å². The molecule has 0 unspecified atom stereocenters. The molecule has 0 radical (unpaired) electrons. The Hall–Kier alpha value is -0.150. The monoisotopic (exact) mass is 284 g/mol. The molecular formula is C18H33Cl. The van der Waals surface area contributed by atoms with Gasteiger partial charge in [0.15, 0.2) is 0 Å². The van der Waals surface area contributed by atoms with Crippen molar-refractivity contribution in [3.8, 4) is 11.8 Å². The summed E-state index contributed by atoms with van der Waals surface area (Å²) < 4.78 is 0. The highest BCUT2D eigenvalue weighted by Crippen LogP contribution is 2.08. The largest absolute Gasteiger partial charge is 0.127 e. The highest BCUT2D eigenvalue weighted by Gasteiger charge is 1.90. The van der Waals surface area contributed by atoms with Crippen molar-refractivity contribution in [3.05, 3.63) is 0 Å². The summed E-state index contributed by atoms with van der Waals surface area (Å²) in [4.78, 5) is 0. The molecule has 112 valence electrons. The Balaban J connectivity index is 3.05. The standard InChI is InChI=1S/C18H33Cl/c1-2-3-4-5-6-7-8-9-10-11-12-13-14-15-16-17-18-19/h2-8,11-18H2,1H3. The van der Waals surface area contributed by atoms with E-state index in [0.29, 0.717) is 0 Å². The van der Waals surface area contributed by atoms with Gasteiger partial charge in [0.1, 0.15) is 0 Å². The lowest BCUT2D eigenvalue weighted by molar-refractivity contribution is 0.612. The van der Waals surface area contributed by atoms with Gasteiger partial charge in [-0.15, -0.1) is 23.4 Å². The van der Waals surface area contributed by atoms with Crippen molar-refractivity contribution in [2.45, 2.75) is 96.8 Å². The van der Waals surface area contributed by atoms with Crippen LogP contribution in [0.5, 0.6) is 0 Å². The summed E-state index contributed by atoms with van der Waals surface area (Å²) in [6, 6.07) is 0. The van der Waals surface area contributed by atoms with Crippen molar-refractivity contribution >= 4 is 11.6 Å². The number of hydrogen-bond donors (Lipinski definition) is 0. The number of rotatable bonds is 13. The van der Waals surface area contributed by atoms with Gasteiger partial charge in [0.2, 0.25) is 0 Å². The zero-order chi connectivity index (χ0) is 14.0. The lowest BCUT2D eigenvalue weighted by Gasteiger charge is -1.98.